The average molecular weight is 256 g/mol. The Bertz CT molecular complexity index is 537. The number of hydrogen-bond donors (Lipinski definition) is 2. The number of pyridine rings is 1. The van der Waals surface area contributed by atoms with E-state index >= 15 is 0 Å². The molecule has 0 radical (unpaired) electrons. The molecule has 3 nitrogen and oxygen atoms in total. The van der Waals surface area contributed by atoms with E-state index in [0.717, 1.165) is 12.1 Å². The van der Waals surface area contributed by atoms with E-state index in [1.54, 1.807) is 12.1 Å². The molecule has 0 spiro atoms. The fourth-order valence-electron chi connectivity index (χ4n) is 1.32. The first kappa shape index (κ1) is 11.6. The molecule has 1 heterocycles. The number of rotatable bonds is 2. The van der Waals surface area contributed by atoms with Crippen LogP contribution >= 0.6 is 11.6 Å². The Hall–Kier alpha value is -1.88. The second kappa shape index (κ2) is 4.55. The van der Waals surface area contributed by atoms with Crippen LogP contribution in [0.4, 0.5) is 26.0 Å². The zero-order valence-corrected chi connectivity index (χ0v) is 9.30. The number of anilines is 3. The zero-order valence-electron chi connectivity index (χ0n) is 8.55. The summed E-state index contributed by atoms with van der Waals surface area (Å²) in [6.07, 6.45) is 1.50. The number of halogens is 3. The second-order valence-corrected chi connectivity index (χ2v) is 3.71. The minimum absolute atomic E-state index is 0.0345. The minimum Gasteiger partial charge on any atom is -0.382 e. The van der Waals surface area contributed by atoms with Gasteiger partial charge in [-0.3, -0.25) is 0 Å². The Labute approximate surface area is 101 Å². The summed E-state index contributed by atoms with van der Waals surface area (Å²) in [7, 11) is 0. The lowest BCUT2D eigenvalue weighted by atomic mass is 10.2. The summed E-state index contributed by atoms with van der Waals surface area (Å²) < 4.78 is 26.3. The van der Waals surface area contributed by atoms with Crippen molar-refractivity contribution in [2.45, 2.75) is 0 Å². The van der Waals surface area contributed by atoms with Crippen LogP contribution < -0.4 is 11.1 Å². The summed E-state index contributed by atoms with van der Waals surface area (Å²) in [5.74, 6) is -1.33. The van der Waals surface area contributed by atoms with Gasteiger partial charge in [-0.1, -0.05) is 11.6 Å². The number of nitrogen functional groups attached to an aromatic ring is 1. The molecule has 0 fully saturated rings. The summed E-state index contributed by atoms with van der Waals surface area (Å²) in [5.41, 5.74) is 5.95. The van der Waals surface area contributed by atoms with E-state index in [0.29, 0.717) is 5.69 Å². The normalized spacial score (nSPS) is 10.3. The molecule has 1 aromatic carbocycles. The fraction of sp³-hybridized carbons (Fsp3) is 0. The van der Waals surface area contributed by atoms with Crippen molar-refractivity contribution in [3.05, 3.63) is 47.1 Å². The lowest BCUT2D eigenvalue weighted by molar-refractivity contribution is 0.586. The van der Waals surface area contributed by atoms with Gasteiger partial charge in [-0.15, -0.1) is 0 Å². The molecule has 0 bridgehead atoms. The van der Waals surface area contributed by atoms with Crippen LogP contribution in [-0.4, -0.2) is 4.98 Å². The molecule has 2 aromatic rings. The van der Waals surface area contributed by atoms with Gasteiger partial charge >= 0.3 is 0 Å². The molecule has 17 heavy (non-hydrogen) atoms. The molecule has 2 rings (SSSR count). The Morgan fingerprint density at radius 2 is 2.06 bits per heavy atom. The van der Waals surface area contributed by atoms with Crippen molar-refractivity contribution in [1.82, 2.24) is 4.98 Å². The van der Waals surface area contributed by atoms with Crippen LogP contribution in [0.5, 0.6) is 0 Å². The van der Waals surface area contributed by atoms with Crippen molar-refractivity contribution in [2.75, 3.05) is 11.1 Å². The Morgan fingerprint density at radius 1 is 1.29 bits per heavy atom. The maximum absolute atomic E-state index is 13.5. The van der Waals surface area contributed by atoms with Crippen LogP contribution in [0, 0.1) is 11.6 Å². The molecule has 0 amide bonds. The molecule has 6 heteroatoms. The smallest absolute Gasteiger partial charge is 0.151 e. The Kier molecular flexibility index (Phi) is 3.10. The molecule has 0 unspecified atom stereocenters. The molecule has 1 aromatic heterocycles. The van der Waals surface area contributed by atoms with Gasteiger partial charge in [0.2, 0.25) is 0 Å². The number of hydrogen-bond acceptors (Lipinski definition) is 3. The number of nitrogens with zero attached hydrogens (tertiary/aromatic N) is 1. The molecule has 0 saturated heterocycles. The van der Waals surface area contributed by atoms with Crippen molar-refractivity contribution >= 4 is 28.8 Å². The van der Waals surface area contributed by atoms with Gasteiger partial charge in [-0.05, 0) is 18.2 Å². The van der Waals surface area contributed by atoms with Gasteiger partial charge < -0.3 is 11.1 Å². The molecule has 0 aliphatic heterocycles. The standard InChI is InChI=1S/C11H8ClF2N3/c12-7-4-6(13)5-8(14)10(7)17-9-2-1-3-16-11(9)15/h1-5,17H,(H2,15,16). The summed E-state index contributed by atoms with van der Waals surface area (Å²) in [4.78, 5) is 3.83. The van der Waals surface area contributed by atoms with Crippen molar-refractivity contribution in [1.29, 1.82) is 0 Å². The lowest BCUT2D eigenvalue weighted by Crippen LogP contribution is -2.00. The molecular formula is C11H8ClF2N3. The highest BCUT2D eigenvalue weighted by molar-refractivity contribution is 6.33. The highest BCUT2D eigenvalue weighted by atomic mass is 35.5. The summed E-state index contributed by atoms with van der Waals surface area (Å²) in [5, 5.41) is 2.61. The zero-order chi connectivity index (χ0) is 12.4. The molecule has 0 saturated carbocycles. The highest BCUT2D eigenvalue weighted by Gasteiger charge is 2.11. The highest BCUT2D eigenvalue weighted by Crippen LogP contribution is 2.30. The predicted octanol–water partition coefficient (Wildman–Crippen LogP) is 3.34. The van der Waals surface area contributed by atoms with E-state index in [2.05, 4.69) is 10.3 Å². The van der Waals surface area contributed by atoms with Crippen molar-refractivity contribution in [3.63, 3.8) is 0 Å². The largest absolute Gasteiger partial charge is 0.382 e. The number of nitrogens with two attached hydrogens (primary N) is 1. The van der Waals surface area contributed by atoms with Crippen molar-refractivity contribution in [3.8, 4) is 0 Å². The third-order valence-electron chi connectivity index (χ3n) is 2.11. The molecule has 3 N–H and O–H groups in total. The van der Waals surface area contributed by atoms with Crippen LogP contribution in [0.15, 0.2) is 30.5 Å². The average Bonchev–Trinajstić information content (AvgIpc) is 2.25. The summed E-state index contributed by atoms with van der Waals surface area (Å²) in [6, 6.07) is 5.00. The van der Waals surface area contributed by atoms with E-state index in [1.165, 1.54) is 6.20 Å². The third kappa shape index (κ3) is 2.45. The van der Waals surface area contributed by atoms with Gasteiger partial charge in [0.25, 0.3) is 0 Å². The summed E-state index contributed by atoms with van der Waals surface area (Å²) in [6.45, 7) is 0. The van der Waals surface area contributed by atoms with Gasteiger partial charge in [0.1, 0.15) is 11.6 Å². The van der Waals surface area contributed by atoms with Gasteiger partial charge in [-0.25, -0.2) is 13.8 Å². The van der Waals surface area contributed by atoms with Crippen molar-refractivity contribution < 1.29 is 8.78 Å². The number of benzene rings is 1. The fourth-order valence-corrected chi connectivity index (χ4v) is 1.56. The Morgan fingerprint density at radius 3 is 2.71 bits per heavy atom. The molecular weight excluding hydrogens is 248 g/mol. The third-order valence-corrected chi connectivity index (χ3v) is 2.40. The SMILES string of the molecule is Nc1ncccc1Nc1c(F)cc(F)cc1Cl. The monoisotopic (exact) mass is 255 g/mol. The lowest BCUT2D eigenvalue weighted by Gasteiger charge is -2.10. The van der Waals surface area contributed by atoms with Gasteiger partial charge in [-0.2, -0.15) is 0 Å². The van der Waals surface area contributed by atoms with Gasteiger partial charge in [0.15, 0.2) is 5.82 Å². The topological polar surface area (TPSA) is 50.9 Å². The number of aromatic nitrogens is 1. The van der Waals surface area contributed by atoms with Gasteiger partial charge in [0, 0.05) is 12.3 Å². The van der Waals surface area contributed by atoms with E-state index in [1.807, 2.05) is 0 Å². The van der Waals surface area contributed by atoms with E-state index < -0.39 is 11.6 Å². The van der Waals surface area contributed by atoms with Crippen LogP contribution in [0.2, 0.25) is 5.02 Å². The Balaban J connectivity index is 2.40. The maximum atomic E-state index is 13.5. The molecule has 0 aliphatic carbocycles. The van der Waals surface area contributed by atoms with Crippen LogP contribution in [0.3, 0.4) is 0 Å². The first-order valence-electron chi connectivity index (χ1n) is 4.70. The maximum Gasteiger partial charge on any atom is 0.151 e. The second-order valence-electron chi connectivity index (χ2n) is 3.31. The van der Waals surface area contributed by atoms with Crippen molar-refractivity contribution in [2.24, 2.45) is 0 Å². The van der Waals surface area contributed by atoms with E-state index in [9.17, 15) is 8.78 Å². The summed E-state index contributed by atoms with van der Waals surface area (Å²) >= 11 is 5.73. The molecule has 88 valence electrons. The van der Waals surface area contributed by atoms with E-state index in [4.69, 9.17) is 17.3 Å². The molecule has 0 atom stereocenters. The first-order valence-corrected chi connectivity index (χ1v) is 5.08. The number of nitrogens with one attached hydrogen (secondary N) is 1. The van der Waals surface area contributed by atoms with Crippen LogP contribution in [0.1, 0.15) is 0 Å². The van der Waals surface area contributed by atoms with E-state index in [-0.39, 0.29) is 16.5 Å². The predicted molar refractivity (Wildman–Crippen MR) is 63.3 cm³/mol. The first-order chi connectivity index (χ1) is 8.08. The van der Waals surface area contributed by atoms with Crippen LogP contribution in [-0.2, 0) is 0 Å². The quantitative estimate of drug-likeness (QED) is 0.865. The molecule has 0 aliphatic rings. The minimum atomic E-state index is -0.793. The van der Waals surface area contributed by atoms with Gasteiger partial charge in [0.05, 0.1) is 16.4 Å². The van der Waals surface area contributed by atoms with Crippen LogP contribution in [0.25, 0.3) is 0 Å².